The summed E-state index contributed by atoms with van der Waals surface area (Å²) >= 11 is 0. The number of aliphatic hydroxyl groups is 1. The van der Waals surface area contributed by atoms with E-state index in [0.717, 1.165) is 32.5 Å². The van der Waals surface area contributed by atoms with Gasteiger partial charge in [0.25, 0.3) is 0 Å². The minimum Gasteiger partial charge on any atom is -0.390 e. The van der Waals surface area contributed by atoms with Crippen LogP contribution in [0.15, 0.2) is 0 Å². The molecule has 2 rings (SSSR count). The Morgan fingerprint density at radius 3 is 2.73 bits per heavy atom. The molecule has 4 nitrogen and oxygen atoms in total. The van der Waals surface area contributed by atoms with Crippen molar-refractivity contribution in [2.24, 2.45) is 0 Å². The summed E-state index contributed by atoms with van der Waals surface area (Å²) in [6, 6.07) is 0. The van der Waals surface area contributed by atoms with Gasteiger partial charge in [0.2, 0.25) is 5.91 Å². The van der Waals surface area contributed by atoms with Gasteiger partial charge in [0.15, 0.2) is 0 Å². The summed E-state index contributed by atoms with van der Waals surface area (Å²) in [5.41, 5.74) is -0.793. The first-order chi connectivity index (χ1) is 6.93. The van der Waals surface area contributed by atoms with E-state index in [0.29, 0.717) is 0 Å². The molecule has 0 radical (unpaired) electrons. The van der Waals surface area contributed by atoms with Crippen LogP contribution in [0.4, 0.5) is 0 Å². The molecule has 0 bridgehead atoms. The van der Waals surface area contributed by atoms with Crippen LogP contribution in [0.3, 0.4) is 0 Å². The molecule has 2 N–H and O–H groups in total. The molecule has 4 heteroatoms. The highest BCUT2D eigenvalue weighted by atomic mass is 16.3. The highest BCUT2D eigenvalue weighted by Crippen LogP contribution is 2.42. The maximum atomic E-state index is 12.0. The van der Waals surface area contributed by atoms with Crippen molar-refractivity contribution in [2.45, 2.75) is 44.2 Å². The van der Waals surface area contributed by atoms with Crippen molar-refractivity contribution in [3.8, 4) is 0 Å². The maximum absolute atomic E-state index is 12.0. The third-order valence-electron chi connectivity index (χ3n) is 3.25. The monoisotopic (exact) mass is 212 g/mol. The Kier molecular flexibility index (Phi) is 2.51. The largest absolute Gasteiger partial charge is 0.390 e. The first-order valence-electron chi connectivity index (χ1n) is 5.67. The van der Waals surface area contributed by atoms with Gasteiger partial charge in [-0.15, -0.1) is 0 Å². The molecule has 0 atom stereocenters. The lowest BCUT2D eigenvalue weighted by Gasteiger charge is -2.38. The lowest BCUT2D eigenvalue weighted by Crippen LogP contribution is -2.56. The van der Waals surface area contributed by atoms with Crippen LogP contribution in [0.5, 0.6) is 0 Å². The maximum Gasteiger partial charge on any atom is 0.225 e. The molecule has 1 aliphatic carbocycles. The van der Waals surface area contributed by atoms with E-state index >= 15 is 0 Å². The number of amides is 1. The summed E-state index contributed by atoms with van der Waals surface area (Å²) in [4.78, 5) is 14.0. The number of piperazine rings is 1. The van der Waals surface area contributed by atoms with Crippen molar-refractivity contribution in [1.82, 2.24) is 10.2 Å². The molecule has 1 saturated heterocycles. The van der Waals surface area contributed by atoms with Crippen LogP contribution in [-0.4, -0.2) is 46.7 Å². The minimum absolute atomic E-state index is 0.0978. The van der Waals surface area contributed by atoms with Gasteiger partial charge in [-0.1, -0.05) is 0 Å². The van der Waals surface area contributed by atoms with Gasteiger partial charge < -0.3 is 15.3 Å². The topological polar surface area (TPSA) is 52.6 Å². The number of rotatable bonds is 2. The molecule has 2 aliphatic rings. The zero-order valence-electron chi connectivity index (χ0n) is 9.55. The number of carbonyl (C=O) groups excluding carboxylic acids is 1. The van der Waals surface area contributed by atoms with Crippen LogP contribution >= 0.6 is 0 Å². The standard InChI is InChI=1S/C11H20N2O2/c1-10(2,15)7-9(14)13-6-5-12-8-11(13)3-4-11/h12,15H,3-8H2,1-2H3. The Hall–Kier alpha value is -0.610. The van der Waals surface area contributed by atoms with Gasteiger partial charge in [-0.2, -0.15) is 0 Å². The van der Waals surface area contributed by atoms with E-state index in [1.54, 1.807) is 13.8 Å². The summed E-state index contributed by atoms with van der Waals surface area (Å²) in [7, 11) is 0. The third-order valence-corrected chi connectivity index (χ3v) is 3.25. The molecule has 86 valence electrons. The molecule has 2 fully saturated rings. The van der Waals surface area contributed by atoms with Crippen molar-refractivity contribution in [2.75, 3.05) is 19.6 Å². The average Bonchev–Trinajstić information content (AvgIpc) is 2.83. The zero-order chi connectivity index (χ0) is 11.1. The minimum atomic E-state index is -0.891. The summed E-state index contributed by atoms with van der Waals surface area (Å²) in [6.45, 7) is 5.96. The van der Waals surface area contributed by atoms with Gasteiger partial charge in [-0.3, -0.25) is 4.79 Å². The Bertz CT molecular complexity index is 266. The van der Waals surface area contributed by atoms with E-state index in [1.807, 2.05) is 4.90 Å². The van der Waals surface area contributed by atoms with Gasteiger partial charge in [-0.05, 0) is 26.7 Å². The Morgan fingerprint density at radius 2 is 2.20 bits per heavy atom. The number of hydrogen-bond acceptors (Lipinski definition) is 3. The van der Waals surface area contributed by atoms with Crippen molar-refractivity contribution in [3.05, 3.63) is 0 Å². The van der Waals surface area contributed by atoms with E-state index in [4.69, 9.17) is 0 Å². The molecule has 15 heavy (non-hydrogen) atoms. The van der Waals surface area contributed by atoms with Crippen LogP contribution in [0.2, 0.25) is 0 Å². The first-order valence-corrected chi connectivity index (χ1v) is 5.67. The van der Waals surface area contributed by atoms with Crippen molar-refractivity contribution in [3.63, 3.8) is 0 Å². The summed E-state index contributed by atoms with van der Waals surface area (Å²) in [6.07, 6.45) is 2.45. The van der Waals surface area contributed by atoms with Gasteiger partial charge in [0.1, 0.15) is 0 Å². The molecular weight excluding hydrogens is 192 g/mol. The van der Waals surface area contributed by atoms with Crippen LogP contribution in [-0.2, 0) is 4.79 Å². The fourth-order valence-electron chi connectivity index (χ4n) is 2.29. The van der Waals surface area contributed by atoms with E-state index in [1.165, 1.54) is 0 Å². The first kappa shape index (κ1) is 10.9. The molecule has 0 unspecified atom stereocenters. The fourth-order valence-corrected chi connectivity index (χ4v) is 2.29. The molecule has 0 aromatic heterocycles. The fraction of sp³-hybridized carbons (Fsp3) is 0.909. The van der Waals surface area contributed by atoms with Crippen molar-refractivity contribution in [1.29, 1.82) is 0 Å². The molecule has 0 aromatic rings. The number of nitrogens with one attached hydrogen (secondary N) is 1. The van der Waals surface area contributed by atoms with Crippen molar-refractivity contribution >= 4 is 5.91 Å². The molecule has 1 heterocycles. The average molecular weight is 212 g/mol. The molecule has 1 spiro atoms. The summed E-state index contributed by atoms with van der Waals surface area (Å²) in [5, 5.41) is 13.0. The predicted molar refractivity (Wildman–Crippen MR) is 57.5 cm³/mol. The Morgan fingerprint density at radius 1 is 1.53 bits per heavy atom. The van der Waals surface area contributed by atoms with E-state index < -0.39 is 5.60 Å². The number of hydrogen-bond donors (Lipinski definition) is 2. The van der Waals surface area contributed by atoms with Crippen LogP contribution in [0, 0.1) is 0 Å². The molecule has 1 amide bonds. The van der Waals surface area contributed by atoms with Gasteiger partial charge in [-0.25, -0.2) is 0 Å². The summed E-state index contributed by atoms with van der Waals surface area (Å²) < 4.78 is 0. The van der Waals surface area contributed by atoms with E-state index in [2.05, 4.69) is 5.32 Å². The molecular formula is C11H20N2O2. The highest BCUT2D eigenvalue weighted by molar-refractivity contribution is 5.78. The normalized spacial score (nSPS) is 24.3. The quantitative estimate of drug-likeness (QED) is 0.683. The lowest BCUT2D eigenvalue weighted by atomic mass is 10.0. The van der Waals surface area contributed by atoms with Crippen LogP contribution in [0.25, 0.3) is 0 Å². The molecule has 1 aliphatic heterocycles. The molecule has 0 aromatic carbocycles. The number of carbonyl (C=O) groups is 1. The second kappa shape index (κ2) is 3.46. The summed E-state index contributed by atoms with van der Waals surface area (Å²) in [5.74, 6) is 0.0986. The third kappa shape index (κ3) is 2.32. The second-order valence-corrected chi connectivity index (χ2v) is 5.44. The van der Waals surface area contributed by atoms with Crippen LogP contribution < -0.4 is 5.32 Å². The smallest absolute Gasteiger partial charge is 0.225 e. The number of nitrogens with zero attached hydrogens (tertiary/aromatic N) is 1. The lowest BCUT2D eigenvalue weighted by molar-refractivity contribution is -0.139. The molecule has 1 saturated carbocycles. The zero-order valence-corrected chi connectivity index (χ0v) is 9.55. The van der Waals surface area contributed by atoms with Gasteiger partial charge in [0, 0.05) is 19.6 Å². The van der Waals surface area contributed by atoms with Gasteiger partial charge in [0.05, 0.1) is 17.6 Å². The van der Waals surface area contributed by atoms with Gasteiger partial charge >= 0.3 is 0 Å². The van der Waals surface area contributed by atoms with E-state index in [9.17, 15) is 9.90 Å². The SMILES string of the molecule is CC(C)(O)CC(=O)N1CCNCC12CC2. The van der Waals surface area contributed by atoms with E-state index in [-0.39, 0.29) is 17.9 Å². The second-order valence-electron chi connectivity index (χ2n) is 5.44. The predicted octanol–water partition coefficient (Wildman–Crippen LogP) is 0.112. The van der Waals surface area contributed by atoms with Crippen LogP contribution in [0.1, 0.15) is 33.1 Å². The highest BCUT2D eigenvalue weighted by Gasteiger charge is 2.51. The Balaban J connectivity index is 2.00. The van der Waals surface area contributed by atoms with Crippen molar-refractivity contribution < 1.29 is 9.90 Å². The Labute approximate surface area is 90.6 Å².